The molecule has 3 aromatic rings. The molecular weight excluding hydrogens is 655 g/mol. The van der Waals surface area contributed by atoms with Gasteiger partial charge in [-0.25, -0.2) is 0 Å². The molecule has 288 valence electrons. The Bertz CT molecular complexity index is 1660. The zero-order valence-electron chi connectivity index (χ0n) is 34.3. The van der Waals surface area contributed by atoms with Crippen LogP contribution in [-0.4, -0.2) is 17.5 Å². The molecule has 4 rings (SSSR count). The quantitative estimate of drug-likeness (QED) is 0.0760. The maximum absolute atomic E-state index is 14.0. The van der Waals surface area contributed by atoms with E-state index in [4.69, 9.17) is 9.47 Å². The van der Waals surface area contributed by atoms with Gasteiger partial charge in [0.25, 0.3) is 0 Å². The van der Waals surface area contributed by atoms with Crippen molar-refractivity contribution < 1.29 is 19.1 Å². The van der Waals surface area contributed by atoms with E-state index in [1.165, 1.54) is 44.9 Å². The summed E-state index contributed by atoms with van der Waals surface area (Å²) >= 11 is 0. The van der Waals surface area contributed by atoms with E-state index in [0.717, 1.165) is 88.1 Å². The number of hydrogen-bond acceptors (Lipinski definition) is 4. The molecule has 5 heteroatoms. The van der Waals surface area contributed by atoms with Crippen LogP contribution in [0.25, 0.3) is 5.57 Å². The first kappa shape index (κ1) is 41.9. The van der Waals surface area contributed by atoms with Crippen molar-refractivity contribution in [1.82, 2.24) is 5.32 Å². The number of nitrogens with one attached hydrogen (secondary N) is 1. The lowest BCUT2D eigenvalue weighted by Gasteiger charge is -2.38. The number of carbonyl (C=O) groups is 2. The van der Waals surface area contributed by atoms with Crippen LogP contribution in [0.15, 0.2) is 66.7 Å². The summed E-state index contributed by atoms with van der Waals surface area (Å²) < 4.78 is 13.1. The molecule has 5 nitrogen and oxygen atoms in total. The largest absolute Gasteiger partial charge is 0.487 e. The molecule has 0 spiro atoms. The van der Waals surface area contributed by atoms with Gasteiger partial charge < -0.3 is 14.8 Å². The monoisotopic (exact) mass is 722 g/mol. The Hall–Kier alpha value is -3.86. The maximum Gasteiger partial charge on any atom is 0.327 e. The maximum atomic E-state index is 14.0. The van der Waals surface area contributed by atoms with Crippen LogP contribution < -0.4 is 14.8 Å². The van der Waals surface area contributed by atoms with Crippen LogP contribution in [0.3, 0.4) is 0 Å². The number of carbonyl (C=O) groups excluding carboxylic acids is 2. The van der Waals surface area contributed by atoms with E-state index in [1.54, 1.807) is 6.08 Å². The molecule has 0 radical (unpaired) electrons. The normalized spacial score (nSPS) is 17.4. The third-order valence-corrected chi connectivity index (χ3v) is 11.5. The topological polar surface area (TPSA) is 64.6 Å². The van der Waals surface area contributed by atoms with Crippen LogP contribution in [0, 0.1) is 44.4 Å². The summed E-state index contributed by atoms with van der Waals surface area (Å²) in [7, 11) is 0. The van der Waals surface area contributed by atoms with Crippen LogP contribution in [0.2, 0.25) is 0 Å². The van der Waals surface area contributed by atoms with Crippen molar-refractivity contribution in [3.05, 3.63) is 100 Å². The Morgan fingerprint density at radius 2 is 1.40 bits per heavy atom. The molecule has 1 heterocycles. The standard InChI is InChI=1S/C48H67NO4/c1-33(2)19-16-20-34(3)21-17-22-35(4)23-18-29-48(9)30-28-42-39(8)44(37(6)38(7)45(42)53-48)52-47(51)43(31-36(5)41-26-14-11-15-27-41)46(50)49-32-40-24-12-10-13-25-40/h10-15,24-27,31,33-35,43H,16-23,28-30,32H2,1-9H3,(H,49,50)/b36-31+/t34-,35-,43?,48-/m1/s1. The predicted octanol–water partition coefficient (Wildman–Crippen LogP) is 12.1. The van der Waals surface area contributed by atoms with E-state index in [1.807, 2.05) is 81.4 Å². The molecule has 0 bridgehead atoms. The van der Waals surface area contributed by atoms with E-state index in [2.05, 4.69) is 46.9 Å². The Labute approximate surface area is 321 Å². The van der Waals surface area contributed by atoms with Gasteiger partial charge in [0.1, 0.15) is 17.1 Å². The number of hydrogen-bond donors (Lipinski definition) is 1. The Kier molecular flexibility index (Phi) is 15.8. The fraction of sp³-hybridized carbons (Fsp3) is 0.542. The van der Waals surface area contributed by atoms with Gasteiger partial charge in [-0.1, -0.05) is 139 Å². The molecule has 1 unspecified atom stereocenters. The lowest BCUT2D eigenvalue weighted by atomic mass is 9.83. The summed E-state index contributed by atoms with van der Waals surface area (Å²) in [5.74, 6) is 1.75. The molecule has 3 aromatic carbocycles. The second-order valence-corrected chi connectivity index (χ2v) is 16.7. The third-order valence-electron chi connectivity index (χ3n) is 11.5. The Morgan fingerprint density at radius 3 is 2.02 bits per heavy atom. The third kappa shape index (κ3) is 12.3. The molecule has 53 heavy (non-hydrogen) atoms. The fourth-order valence-corrected chi connectivity index (χ4v) is 7.77. The molecule has 0 saturated carbocycles. The van der Waals surface area contributed by atoms with Gasteiger partial charge in [0.2, 0.25) is 5.91 Å². The Morgan fingerprint density at radius 1 is 0.811 bits per heavy atom. The van der Waals surface area contributed by atoms with E-state index in [0.29, 0.717) is 12.3 Å². The van der Waals surface area contributed by atoms with Crippen molar-refractivity contribution in [2.75, 3.05) is 0 Å². The molecule has 0 aliphatic carbocycles. The molecule has 1 aliphatic rings. The molecule has 0 fully saturated rings. The van der Waals surface area contributed by atoms with Crippen LogP contribution >= 0.6 is 0 Å². The van der Waals surface area contributed by atoms with Gasteiger partial charge >= 0.3 is 5.97 Å². The number of benzene rings is 3. The van der Waals surface area contributed by atoms with E-state index in [9.17, 15) is 9.59 Å². The summed E-state index contributed by atoms with van der Waals surface area (Å²) in [6, 6.07) is 19.5. The first-order valence-electron chi connectivity index (χ1n) is 20.4. The van der Waals surface area contributed by atoms with Crippen molar-refractivity contribution in [3.8, 4) is 11.5 Å². The predicted molar refractivity (Wildman–Crippen MR) is 220 cm³/mol. The number of esters is 1. The van der Waals surface area contributed by atoms with E-state index >= 15 is 0 Å². The number of ether oxygens (including phenoxy) is 2. The lowest BCUT2D eigenvalue weighted by molar-refractivity contribution is -0.142. The fourth-order valence-electron chi connectivity index (χ4n) is 7.77. The van der Waals surface area contributed by atoms with Gasteiger partial charge in [0.05, 0.1) is 0 Å². The van der Waals surface area contributed by atoms with Gasteiger partial charge in [-0.15, -0.1) is 0 Å². The van der Waals surface area contributed by atoms with Gasteiger partial charge in [0.15, 0.2) is 5.92 Å². The van der Waals surface area contributed by atoms with Gasteiger partial charge in [-0.2, -0.15) is 0 Å². The second-order valence-electron chi connectivity index (χ2n) is 16.7. The van der Waals surface area contributed by atoms with Gasteiger partial charge in [-0.05, 0) is 111 Å². The van der Waals surface area contributed by atoms with Crippen LogP contribution in [0.4, 0.5) is 0 Å². The van der Waals surface area contributed by atoms with E-state index in [-0.39, 0.29) is 11.5 Å². The highest BCUT2D eigenvalue weighted by Crippen LogP contribution is 2.45. The molecule has 0 saturated heterocycles. The molecule has 1 N–H and O–H groups in total. The molecule has 1 aliphatic heterocycles. The summed E-state index contributed by atoms with van der Waals surface area (Å²) in [6.45, 7) is 20.1. The van der Waals surface area contributed by atoms with Crippen molar-refractivity contribution in [2.24, 2.45) is 23.7 Å². The smallest absolute Gasteiger partial charge is 0.327 e. The number of amides is 1. The summed E-state index contributed by atoms with van der Waals surface area (Å²) in [5, 5.41) is 2.97. The average molecular weight is 722 g/mol. The summed E-state index contributed by atoms with van der Waals surface area (Å²) in [4.78, 5) is 27.6. The molecular formula is C48H67NO4. The SMILES string of the molecule is C/C(=C\C(C(=O)NCc1ccccc1)C(=O)Oc1c(C)c(C)c2c(c1C)CC[C@@](C)(CCC[C@H](C)CCC[C@H](C)CCCC(C)C)O2)c1ccccc1. The van der Waals surface area contributed by atoms with Crippen LogP contribution in [-0.2, 0) is 22.6 Å². The summed E-state index contributed by atoms with van der Waals surface area (Å²) in [5.41, 5.74) is 6.41. The number of fused-ring (bicyclic) bond motifs is 1. The summed E-state index contributed by atoms with van der Waals surface area (Å²) in [6.07, 6.45) is 15.0. The highest BCUT2D eigenvalue weighted by atomic mass is 16.5. The minimum absolute atomic E-state index is 0.221. The van der Waals surface area contributed by atoms with Crippen molar-refractivity contribution in [1.29, 1.82) is 0 Å². The van der Waals surface area contributed by atoms with Gasteiger partial charge in [0, 0.05) is 12.1 Å². The number of allylic oxidation sites excluding steroid dienone is 1. The Balaban J connectivity index is 1.41. The van der Waals surface area contributed by atoms with Crippen LogP contribution in [0.5, 0.6) is 11.5 Å². The van der Waals surface area contributed by atoms with Crippen LogP contribution in [0.1, 0.15) is 139 Å². The first-order chi connectivity index (χ1) is 25.3. The van der Waals surface area contributed by atoms with E-state index < -0.39 is 11.9 Å². The first-order valence-corrected chi connectivity index (χ1v) is 20.4. The highest BCUT2D eigenvalue weighted by molar-refractivity contribution is 6.02. The zero-order valence-corrected chi connectivity index (χ0v) is 34.3. The minimum Gasteiger partial charge on any atom is -0.487 e. The molecule has 1 amide bonds. The molecule has 4 atom stereocenters. The number of rotatable bonds is 19. The lowest BCUT2D eigenvalue weighted by Crippen LogP contribution is -2.38. The average Bonchev–Trinajstić information content (AvgIpc) is 3.14. The second kappa shape index (κ2) is 20.0. The van der Waals surface area contributed by atoms with Crippen molar-refractivity contribution in [3.63, 3.8) is 0 Å². The highest BCUT2D eigenvalue weighted by Gasteiger charge is 2.36. The van der Waals surface area contributed by atoms with Crippen molar-refractivity contribution in [2.45, 2.75) is 145 Å². The zero-order chi connectivity index (χ0) is 38.5. The molecule has 0 aromatic heterocycles. The van der Waals surface area contributed by atoms with Gasteiger partial charge in [-0.3, -0.25) is 9.59 Å². The van der Waals surface area contributed by atoms with Crippen molar-refractivity contribution >= 4 is 17.4 Å². The minimum atomic E-state index is -1.12.